The third kappa shape index (κ3) is 10.4. The molecule has 3 aromatic carbocycles. The van der Waals surface area contributed by atoms with Gasteiger partial charge in [-0.1, -0.05) is 50.8 Å². The second kappa shape index (κ2) is 15.3. The Morgan fingerprint density at radius 2 is 1.17 bits per heavy atom. The van der Waals surface area contributed by atoms with E-state index < -0.39 is 0 Å². The first-order valence-corrected chi connectivity index (χ1v) is 12.4. The summed E-state index contributed by atoms with van der Waals surface area (Å²) in [6, 6.07) is 24.6. The number of amides is 1. The van der Waals surface area contributed by atoms with Crippen molar-refractivity contribution in [2.75, 3.05) is 37.0 Å². The molecule has 0 aromatic heterocycles. The third-order valence-electron chi connectivity index (χ3n) is 5.33. The Morgan fingerprint density at radius 3 is 1.80 bits per heavy atom. The highest BCUT2D eigenvalue weighted by Gasteiger charge is 2.04. The summed E-state index contributed by atoms with van der Waals surface area (Å²) >= 11 is 0. The number of rotatable bonds is 16. The Morgan fingerprint density at radius 1 is 0.629 bits per heavy atom. The largest absolute Gasteiger partial charge is 0.494 e. The lowest BCUT2D eigenvalue weighted by Crippen LogP contribution is -2.21. The van der Waals surface area contributed by atoms with Crippen molar-refractivity contribution >= 4 is 17.3 Å². The molecule has 3 rings (SSSR count). The van der Waals surface area contributed by atoms with Gasteiger partial charge in [0, 0.05) is 11.4 Å². The summed E-state index contributed by atoms with van der Waals surface area (Å²) in [6.45, 7) is 4.03. The summed E-state index contributed by atoms with van der Waals surface area (Å²) < 4.78 is 17.1. The van der Waals surface area contributed by atoms with Crippen LogP contribution in [0, 0.1) is 0 Å². The number of anilines is 2. The molecule has 0 aliphatic rings. The summed E-state index contributed by atoms with van der Waals surface area (Å²) in [7, 11) is 0. The van der Waals surface area contributed by atoms with Crippen molar-refractivity contribution in [3.8, 4) is 17.2 Å². The van der Waals surface area contributed by atoms with E-state index in [0.717, 1.165) is 36.0 Å². The minimum absolute atomic E-state index is 0.123. The van der Waals surface area contributed by atoms with Crippen LogP contribution in [0.4, 0.5) is 11.4 Å². The van der Waals surface area contributed by atoms with Crippen LogP contribution in [0.25, 0.3) is 0 Å². The van der Waals surface area contributed by atoms with Gasteiger partial charge in [0.1, 0.15) is 30.5 Å². The van der Waals surface area contributed by atoms with Crippen molar-refractivity contribution in [2.45, 2.75) is 39.0 Å². The zero-order chi connectivity index (χ0) is 24.6. The van der Waals surface area contributed by atoms with Gasteiger partial charge < -0.3 is 24.8 Å². The van der Waals surface area contributed by atoms with Crippen LogP contribution in [0.5, 0.6) is 17.2 Å². The normalized spacial score (nSPS) is 10.4. The lowest BCUT2D eigenvalue weighted by molar-refractivity contribution is -0.114. The van der Waals surface area contributed by atoms with Crippen molar-refractivity contribution in [1.82, 2.24) is 0 Å². The van der Waals surface area contributed by atoms with Gasteiger partial charge in [0.25, 0.3) is 0 Å². The number of nitrogens with one attached hydrogen (secondary N) is 2. The molecule has 0 aliphatic heterocycles. The number of para-hydroxylation sites is 1. The second-order valence-electron chi connectivity index (χ2n) is 8.22. The van der Waals surface area contributed by atoms with Gasteiger partial charge in [-0.15, -0.1) is 0 Å². The van der Waals surface area contributed by atoms with Crippen LogP contribution in [0.3, 0.4) is 0 Å². The van der Waals surface area contributed by atoms with Crippen LogP contribution in [0.2, 0.25) is 0 Å². The molecule has 2 N–H and O–H groups in total. The van der Waals surface area contributed by atoms with Gasteiger partial charge in [-0.3, -0.25) is 4.79 Å². The summed E-state index contributed by atoms with van der Waals surface area (Å²) in [5.74, 6) is 2.27. The predicted octanol–water partition coefficient (Wildman–Crippen LogP) is 6.54. The first-order chi connectivity index (χ1) is 17.2. The fraction of sp³-hybridized carbons (Fsp3) is 0.345. The Hall–Kier alpha value is -3.67. The van der Waals surface area contributed by atoms with E-state index in [1.165, 1.54) is 25.7 Å². The summed E-state index contributed by atoms with van der Waals surface area (Å²) in [4.78, 5) is 12.3. The molecular formula is C29H36N2O4. The number of ether oxygens (including phenoxy) is 3. The zero-order valence-corrected chi connectivity index (χ0v) is 20.5. The molecule has 0 unspecified atom stereocenters. The third-order valence-corrected chi connectivity index (χ3v) is 5.33. The van der Waals surface area contributed by atoms with E-state index in [4.69, 9.17) is 14.2 Å². The Bertz CT molecular complexity index is 976. The quantitative estimate of drug-likeness (QED) is 0.230. The SMILES string of the molecule is CCCCCCCOc1ccc(NCC(=O)Nc2ccc(OCCOc3ccccc3)cc2)cc1. The lowest BCUT2D eigenvalue weighted by Gasteiger charge is -2.11. The van der Waals surface area contributed by atoms with E-state index in [-0.39, 0.29) is 12.5 Å². The van der Waals surface area contributed by atoms with Crippen LogP contribution >= 0.6 is 0 Å². The van der Waals surface area contributed by atoms with Gasteiger partial charge in [-0.2, -0.15) is 0 Å². The summed E-state index contributed by atoms with van der Waals surface area (Å²) in [5.41, 5.74) is 1.59. The monoisotopic (exact) mass is 476 g/mol. The molecule has 0 spiro atoms. The topological polar surface area (TPSA) is 68.8 Å². The zero-order valence-electron chi connectivity index (χ0n) is 20.5. The smallest absolute Gasteiger partial charge is 0.243 e. The predicted molar refractivity (Wildman–Crippen MR) is 142 cm³/mol. The highest BCUT2D eigenvalue weighted by molar-refractivity contribution is 5.93. The first-order valence-electron chi connectivity index (χ1n) is 12.4. The molecule has 186 valence electrons. The highest BCUT2D eigenvalue weighted by atomic mass is 16.5. The number of carbonyl (C=O) groups is 1. The van der Waals surface area contributed by atoms with Crippen molar-refractivity contribution in [1.29, 1.82) is 0 Å². The molecular weight excluding hydrogens is 440 g/mol. The molecule has 3 aromatic rings. The minimum Gasteiger partial charge on any atom is -0.494 e. The molecule has 0 saturated carbocycles. The molecule has 0 atom stereocenters. The molecule has 0 radical (unpaired) electrons. The highest BCUT2D eigenvalue weighted by Crippen LogP contribution is 2.18. The molecule has 0 heterocycles. The average molecular weight is 477 g/mol. The number of unbranched alkanes of at least 4 members (excludes halogenated alkanes) is 4. The van der Waals surface area contributed by atoms with E-state index in [1.807, 2.05) is 78.9 Å². The van der Waals surface area contributed by atoms with Gasteiger partial charge >= 0.3 is 0 Å². The average Bonchev–Trinajstić information content (AvgIpc) is 2.90. The van der Waals surface area contributed by atoms with E-state index in [2.05, 4.69) is 17.6 Å². The molecule has 0 aliphatic carbocycles. The molecule has 6 nitrogen and oxygen atoms in total. The Kier molecular flexibility index (Phi) is 11.3. The van der Waals surface area contributed by atoms with Gasteiger partial charge in [-0.05, 0) is 67.1 Å². The maximum atomic E-state index is 12.3. The molecule has 0 fully saturated rings. The Balaban J connectivity index is 1.30. The van der Waals surface area contributed by atoms with E-state index in [9.17, 15) is 4.79 Å². The van der Waals surface area contributed by atoms with E-state index in [1.54, 1.807) is 0 Å². The Labute approximate surface area is 208 Å². The number of hydrogen-bond donors (Lipinski definition) is 2. The summed E-state index contributed by atoms with van der Waals surface area (Å²) in [5, 5.41) is 6.02. The fourth-order valence-electron chi connectivity index (χ4n) is 3.42. The standard InChI is InChI=1S/C29H36N2O4/c1-2-3-4-5-9-20-33-27-16-12-24(13-17-27)30-23-29(32)31-25-14-18-28(19-15-25)35-22-21-34-26-10-7-6-8-11-26/h6-8,10-19,30H,2-5,9,20-23H2,1H3,(H,31,32). The number of carbonyl (C=O) groups excluding carboxylic acids is 1. The van der Waals surface area contributed by atoms with Crippen LogP contribution in [0.1, 0.15) is 39.0 Å². The van der Waals surface area contributed by atoms with Crippen LogP contribution in [0.15, 0.2) is 78.9 Å². The maximum absolute atomic E-state index is 12.3. The molecule has 6 heteroatoms. The van der Waals surface area contributed by atoms with Gasteiger partial charge in [0.2, 0.25) is 5.91 Å². The van der Waals surface area contributed by atoms with E-state index >= 15 is 0 Å². The fourth-order valence-corrected chi connectivity index (χ4v) is 3.42. The molecule has 35 heavy (non-hydrogen) atoms. The minimum atomic E-state index is -0.123. The van der Waals surface area contributed by atoms with Crippen molar-refractivity contribution < 1.29 is 19.0 Å². The molecule has 1 amide bonds. The molecule has 0 saturated heterocycles. The lowest BCUT2D eigenvalue weighted by atomic mass is 10.2. The second-order valence-corrected chi connectivity index (χ2v) is 8.22. The van der Waals surface area contributed by atoms with Crippen LogP contribution < -0.4 is 24.8 Å². The van der Waals surface area contributed by atoms with Crippen molar-refractivity contribution in [3.63, 3.8) is 0 Å². The van der Waals surface area contributed by atoms with Crippen molar-refractivity contribution in [3.05, 3.63) is 78.9 Å². The summed E-state index contributed by atoms with van der Waals surface area (Å²) in [6.07, 6.45) is 6.10. The van der Waals surface area contributed by atoms with Crippen LogP contribution in [-0.4, -0.2) is 32.3 Å². The van der Waals surface area contributed by atoms with Crippen molar-refractivity contribution in [2.24, 2.45) is 0 Å². The number of benzene rings is 3. The molecule has 0 bridgehead atoms. The first kappa shape index (κ1) is 25.9. The maximum Gasteiger partial charge on any atom is 0.243 e. The van der Waals surface area contributed by atoms with Gasteiger partial charge in [0.15, 0.2) is 0 Å². The van der Waals surface area contributed by atoms with Crippen LogP contribution in [-0.2, 0) is 4.79 Å². The van der Waals surface area contributed by atoms with Gasteiger partial charge in [-0.25, -0.2) is 0 Å². The number of hydrogen-bond acceptors (Lipinski definition) is 5. The van der Waals surface area contributed by atoms with E-state index in [0.29, 0.717) is 18.9 Å². The van der Waals surface area contributed by atoms with Gasteiger partial charge in [0.05, 0.1) is 13.2 Å².